The molecule has 0 aromatic heterocycles. The van der Waals surface area contributed by atoms with Gasteiger partial charge < -0.3 is 15.1 Å². The maximum absolute atomic E-state index is 12.7. The second-order valence-corrected chi connectivity index (χ2v) is 6.70. The predicted molar refractivity (Wildman–Crippen MR) is 98.5 cm³/mol. The number of fused-ring (bicyclic) bond motifs is 1. The summed E-state index contributed by atoms with van der Waals surface area (Å²) in [5, 5.41) is 3.92. The smallest absolute Gasteiger partial charge is 0.299 e. The standard InChI is InChI=1S/C19H18ClN3O2/c20-14-4-1-3-13(11-14)12-23-16-6-2-5-15(17(16)18(24)19(23)25)22-9-7-21-8-10-22/h1-6,11,21H,7-10,12H2. The van der Waals surface area contributed by atoms with E-state index in [2.05, 4.69) is 10.2 Å². The Balaban J connectivity index is 1.71. The van der Waals surface area contributed by atoms with Crippen LogP contribution in [0.4, 0.5) is 11.4 Å². The van der Waals surface area contributed by atoms with Gasteiger partial charge in [0.2, 0.25) is 0 Å². The Morgan fingerprint density at radius 1 is 1.00 bits per heavy atom. The monoisotopic (exact) mass is 355 g/mol. The van der Waals surface area contributed by atoms with Gasteiger partial charge in [0, 0.05) is 31.2 Å². The normalized spacial score (nSPS) is 17.2. The first-order valence-corrected chi connectivity index (χ1v) is 8.72. The van der Waals surface area contributed by atoms with Crippen molar-refractivity contribution in [2.24, 2.45) is 0 Å². The van der Waals surface area contributed by atoms with Gasteiger partial charge >= 0.3 is 0 Å². The summed E-state index contributed by atoms with van der Waals surface area (Å²) in [5.41, 5.74) is 2.96. The number of benzene rings is 2. The van der Waals surface area contributed by atoms with E-state index in [4.69, 9.17) is 11.6 Å². The topological polar surface area (TPSA) is 52.7 Å². The molecule has 4 rings (SSSR count). The summed E-state index contributed by atoms with van der Waals surface area (Å²) in [6.07, 6.45) is 0. The van der Waals surface area contributed by atoms with Crippen LogP contribution in [-0.4, -0.2) is 37.9 Å². The number of carbonyl (C=O) groups excluding carboxylic acids is 2. The van der Waals surface area contributed by atoms with Gasteiger partial charge in [-0.05, 0) is 29.8 Å². The highest BCUT2D eigenvalue weighted by Crippen LogP contribution is 2.37. The number of hydrogen-bond donors (Lipinski definition) is 1. The van der Waals surface area contributed by atoms with Crippen LogP contribution < -0.4 is 15.1 Å². The van der Waals surface area contributed by atoms with Gasteiger partial charge in [-0.25, -0.2) is 0 Å². The minimum Gasteiger partial charge on any atom is -0.368 e. The van der Waals surface area contributed by atoms with Crippen LogP contribution in [0.5, 0.6) is 0 Å². The number of nitrogens with zero attached hydrogens (tertiary/aromatic N) is 2. The maximum Gasteiger partial charge on any atom is 0.299 e. The first kappa shape index (κ1) is 16.1. The number of halogens is 1. The molecule has 128 valence electrons. The number of rotatable bonds is 3. The third kappa shape index (κ3) is 2.90. The number of hydrogen-bond acceptors (Lipinski definition) is 4. The molecule has 2 heterocycles. The summed E-state index contributed by atoms with van der Waals surface area (Å²) in [7, 11) is 0. The van der Waals surface area contributed by atoms with Crippen LogP contribution in [0.3, 0.4) is 0 Å². The molecule has 2 aromatic rings. The Morgan fingerprint density at radius 2 is 1.72 bits per heavy atom. The van der Waals surface area contributed by atoms with Crippen molar-refractivity contribution in [1.82, 2.24) is 5.32 Å². The van der Waals surface area contributed by atoms with Crippen LogP contribution in [0, 0.1) is 0 Å². The van der Waals surface area contributed by atoms with Gasteiger partial charge in [0.15, 0.2) is 0 Å². The summed E-state index contributed by atoms with van der Waals surface area (Å²) in [5.74, 6) is -0.899. The molecule has 5 nitrogen and oxygen atoms in total. The largest absolute Gasteiger partial charge is 0.368 e. The Hall–Kier alpha value is -2.37. The molecule has 1 N–H and O–H groups in total. The van der Waals surface area contributed by atoms with Crippen molar-refractivity contribution >= 4 is 34.7 Å². The van der Waals surface area contributed by atoms with Crippen LogP contribution in [0.25, 0.3) is 0 Å². The van der Waals surface area contributed by atoms with E-state index < -0.39 is 11.7 Å². The lowest BCUT2D eigenvalue weighted by molar-refractivity contribution is -0.114. The van der Waals surface area contributed by atoms with E-state index in [-0.39, 0.29) is 0 Å². The van der Waals surface area contributed by atoms with Crippen molar-refractivity contribution in [3.63, 3.8) is 0 Å². The van der Waals surface area contributed by atoms with Crippen molar-refractivity contribution in [2.45, 2.75) is 6.54 Å². The third-order valence-electron chi connectivity index (χ3n) is 4.67. The van der Waals surface area contributed by atoms with E-state index in [0.717, 1.165) is 37.4 Å². The Labute approximate surface area is 151 Å². The van der Waals surface area contributed by atoms with Gasteiger partial charge in [0.25, 0.3) is 11.7 Å². The van der Waals surface area contributed by atoms with E-state index >= 15 is 0 Å². The van der Waals surface area contributed by atoms with Crippen molar-refractivity contribution < 1.29 is 9.59 Å². The third-order valence-corrected chi connectivity index (χ3v) is 4.90. The minimum absolute atomic E-state index is 0.336. The molecule has 1 saturated heterocycles. The van der Waals surface area contributed by atoms with Crippen LogP contribution in [0.1, 0.15) is 15.9 Å². The van der Waals surface area contributed by atoms with Crippen LogP contribution in [0.2, 0.25) is 5.02 Å². The Kier molecular flexibility index (Phi) is 4.19. The molecular weight excluding hydrogens is 338 g/mol. The molecule has 1 amide bonds. The molecular formula is C19H18ClN3O2. The molecule has 2 aromatic carbocycles. The number of nitrogens with one attached hydrogen (secondary N) is 1. The van der Waals surface area contributed by atoms with Gasteiger partial charge in [-0.2, -0.15) is 0 Å². The summed E-state index contributed by atoms with van der Waals surface area (Å²) in [4.78, 5) is 29.0. The summed E-state index contributed by atoms with van der Waals surface area (Å²) >= 11 is 6.04. The Morgan fingerprint density at radius 3 is 2.48 bits per heavy atom. The Bertz CT molecular complexity index is 846. The molecule has 0 bridgehead atoms. The number of Topliss-reactive ketones (excluding diaryl/α,β-unsaturated/α-hetero) is 1. The number of amides is 1. The molecule has 0 saturated carbocycles. The fourth-order valence-electron chi connectivity index (χ4n) is 3.47. The van der Waals surface area contributed by atoms with Crippen LogP contribution >= 0.6 is 11.6 Å². The second kappa shape index (κ2) is 6.50. The molecule has 25 heavy (non-hydrogen) atoms. The van der Waals surface area contributed by atoms with Gasteiger partial charge in [0.1, 0.15) is 0 Å². The summed E-state index contributed by atoms with van der Waals surface area (Å²) in [6, 6.07) is 13.0. The first-order chi connectivity index (χ1) is 12.1. The number of carbonyl (C=O) groups is 2. The number of piperazine rings is 1. The van der Waals surface area contributed by atoms with Gasteiger partial charge in [0.05, 0.1) is 23.5 Å². The lowest BCUT2D eigenvalue weighted by Gasteiger charge is -2.30. The van der Waals surface area contributed by atoms with Crippen molar-refractivity contribution in [1.29, 1.82) is 0 Å². The molecule has 0 spiro atoms. The van der Waals surface area contributed by atoms with E-state index in [1.165, 1.54) is 0 Å². The molecule has 0 unspecified atom stereocenters. The molecule has 2 aliphatic rings. The molecule has 0 radical (unpaired) electrons. The zero-order valence-electron chi connectivity index (χ0n) is 13.7. The number of ketones is 1. The van der Waals surface area contributed by atoms with E-state index in [1.807, 2.05) is 36.4 Å². The predicted octanol–water partition coefficient (Wildman–Crippen LogP) is 2.48. The average Bonchev–Trinajstić information content (AvgIpc) is 2.88. The highest BCUT2D eigenvalue weighted by atomic mass is 35.5. The molecule has 6 heteroatoms. The lowest BCUT2D eigenvalue weighted by atomic mass is 10.1. The maximum atomic E-state index is 12.7. The van der Waals surface area contributed by atoms with E-state index in [0.29, 0.717) is 22.8 Å². The molecule has 1 fully saturated rings. The minimum atomic E-state index is -0.474. The van der Waals surface area contributed by atoms with Crippen LogP contribution in [0.15, 0.2) is 42.5 Å². The quantitative estimate of drug-likeness (QED) is 0.859. The molecule has 2 aliphatic heterocycles. The lowest BCUT2D eigenvalue weighted by Crippen LogP contribution is -2.44. The van der Waals surface area contributed by atoms with Gasteiger partial charge in [-0.15, -0.1) is 0 Å². The first-order valence-electron chi connectivity index (χ1n) is 8.34. The van der Waals surface area contributed by atoms with E-state index in [9.17, 15) is 9.59 Å². The fourth-order valence-corrected chi connectivity index (χ4v) is 3.68. The van der Waals surface area contributed by atoms with Gasteiger partial charge in [-0.3, -0.25) is 9.59 Å². The SMILES string of the molecule is O=C1C(=O)N(Cc2cccc(Cl)c2)c2cccc(N3CCNCC3)c21. The fraction of sp³-hybridized carbons (Fsp3) is 0.263. The highest BCUT2D eigenvalue weighted by molar-refractivity contribution is 6.53. The molecule has 0 atom stereocenters. The summed E-state index contributed by atoms with van der Waals surface area (Å²) in [6.45, 7) is 3.73. The average molecular weight is 356 g/mol. The zero-order valence-corrected chi connectivity index (χ0v) is 14.4. The van der Waals surface area contributed by atoms with Gasteiger partial charge in [-0.1, -0.05) is 29.8 Å². The van der Waals surface area contributed by atoms with Crippen molar-refractivity contribution in [2.75, 3.05) is 36.0 Å². The second-order valence-electron chi connectivity index (χ2n) is 6.26. The van der Waals surface area contributed by atoms with Crippen molar-refractivity contribution in [3.8, 4) is 0 Å². The summed E-state index contributed by atoms with van der Waals surface area (Å²) < 4.78 is 0. The molecule has 0 aliphatic carbocycles. The van der Waals surface area contributed by atoms with Crippen LogP contribution in [-0.2, 0) is 11.3 Å². The van der Waals surface area contributed by atoms with E-state index in [1.54, 1.807) is 11.0 Å². The number of anilines is 2. The highest BCUT2D eigenvalue weighted by Gasteiger charge is 2.38. The zero-order chi connectivity index (χ0) is 17.4. The van der Waals surface area contributed by atoms with Crippen molar-refractivity contribution in [3.05, 3.63) is 58.6 Å².